The smallest absolute Gasteiger partial charge is 0.216 e. The number of aliphatic hydroxyl groups excluding tert-OH is 1. The fourth-order valence-corrected chi connectivity index (χ4v) is 5.74. The van der Waals surface area contributed by atoms with Gasteiger partial charge in [-0.2, -0.15) is 0 Å². The largest absolute Gasteiger partial charge is 0.497 e. The maximum Gasteiger partial charge on any atom is 0.216 e. The maximum atomic E-state index is 10.8. The highest BCUT2D eigenvalue weighted by atomic mass is 32.3. The zero-order valence-corrected chi connectivity index (χ0v) is 30.7. The molecule has 8 nitrogen and oxygen atoms in total. The Morgan fingerprint density at radius 2 is 1.81 bits per heavy atom. The SMILES string of the molecule is CC(=N)C(C)C.CC(=O)NCCc1ccc2c(S(C)(C)C)c[nH]c2c1.COc1ccc(C)c(C(=NCC(C)=N)C2=CCC(O)C=C2)c1. The number of carbonyl (C=O) groups excluding carboxylic acids is 1. The van der Waals surface area contributed by atoms with E-state index in [0.29, 0.717) is 31.1 Å². The van der Waals surface area contributed by atoms with Gasteiger partial charge in [0.25, 0.3) is 0 Å². The third-order valence-corrected chi connectivity index (χ3v) is 9.20. The number of rotatable bonds is 10. The number of ether oxygens (including phenoxy) is 1. The lowest BCUT2D eigenvalue weighted by molar-refractivity contribution is -0.118. The van der Waals surface area contributed by atoms with Gasteiger partial charge in [-0.05, 0) is 93.2 Å². The average Bonchev–Trinajstić information content (AvgIpc) is 3.43. The van der Waals surface area contributed by atoms with Crippen molar-refractivity contribution in [1.29, 1.82) is 10.8 Å². The number of hydrogen-bond donors (Lipinski definition) is 5. The molecule has 47 heavy (non-hydrogen) atoms. The van der Waals surface area contributed by atoms with E-state index in [1.54, 1.807) is 27.0 Å². The van der Waals surface area contributed by atoms with Gasteiger partial charge < -0.3 is 31.0 Å². The van der Waals surface area contributed by atoms with Crippen LogP contribution in [0.1, 0.15) is 57.7 Å². The molecule has 1 atom stereocenters. The normalized spacial score (nSPS) is 14.8. The first-order valence-electron chi connectivity index (χ1n) is 15.9. The molecule has 0 fully saturated rings. The first kappa shape index (κ1) is 39.2. The van der Waals surface area contributed by atoms with Gasteiger partial charge in [0.1, 0.15) is 5.75 Å². The molecule has 0 aliphatic heterocycles. The van der Waals surface area contributed by atoms with E-state index in [4.69, 9.17) is 15.6 Å². The van der Waals surface area contributed by atoms with Crippen molar-refractivity contribution < 1.29 is 14.6 Å². The molecule has 1 aromatic heterocycles. The van der Waals surface area contributed by atoms with E-state index in [1.165, 1.54) is 21.4 Å². The molecule has 9 heteroatoms. The summed E-state index contributed by atoms with van der Waals surface area (Å²) in [7, 11) is 0.927. The molecule has 0 spiro atoms. The van der Waals surface area contributed by atoms with Crippen LogP contribution in [0, 0.1) is 23.7 Å². The lowest BCUT2D eigenvalue weighted by Crippen LogP contribution is -2.22. The average molecular weight is 662 g/mol. The molecule has 3 aromatic rings. The molecule has 4 rings (SSSR count). The summed E-state index contributed by atoms with van der Waals surface area (Å²) in [5.74, 6) is 1.24. The summed E-state index contributed by atoms with van der Waals surface area (Å²) < 4.78 is 5.32. The van der Waals surface area contributed by atoms with Crippen molar-refractivity contribution in [3.8, 4) is 5.75 Å². The van der Waals surface area contributed by atoms with E-state index >= 15 is 0 Å². The second-order valence-electron chi connectivity index (χ2n) is 12.9. The fraction of sp³-hybridized carbons (Fsp3) is 0.421. The maximum absolute atomic E-state index is 10.8. The van der Waals surface area contributed by atoms with E-state index in [0.717, 1.165) is 40.3 Å². The van der Waals surface area contributed by atoms with Crippen LogP contribution in [0.15, 0.2) is 76.3 Å². The highest BCUT2D eigenvalue weighted by Gasteiger charge is 2.16. The molecule has 1 aliphatic rings. The molecule has 1 heterocycles. The number of nitrogens with one attached hydrogen (secondary N) is 4. The minimum atomic E-state index is -0.715. The molecule has 2 aromatic carbocycles. The number of methoxy groups -OCH3 is 1. The number of aliphatic hydroxyl groups is 1. The van der Waals surface area contributed by atoms with E-state index < -0.39 is 16.1 Å². The molecule has 0 radical (unpaired) electrons. The molecule has 0 saturated carbocycles. The molecule has 256 valence electrons. The topological polar surface area (TPSA) is 134 Å². The van der Waals surface area contributed by atoms with Crippen molar-refractivity contribution >= 4 is 44.0 Å². The number of carbonyl (C=O) groups is 1. The number of benzene rings is 2. The lowest BCUT2D eigenvalue weighted by Gasteiger charge is -2.24. The van der Waals surface area contributed by atoms with Crippen molar-refractivity contribution in [2.45, 2.75) is 65.4 Å². The van der Waals surface area contributed by atoms with Crippen LogP contribution in [0.25, 0.3) is 10.9 Å². The van der Waals surface area contributed by atoms with Crippen molar-refractivity contribution in [2.75, 3.05) is 39.0 Å². The number of H-pyrrole nitrogens is 1. The number of allylic oxidation sites excluding steroid dienone is 2. The van der Waals surface area contributed by atoms with Crippen LogP contribution in [-0.4, -0.2) is 78.2 Å². The Morgan fingerprint density at radius 3 is 2.34 bits per heavy atom. The molecular formula is C38H55N5O3S. The van der Waals surface area contributed by atoms with Gasteiger partial charge in [-0.1, -0.05) is 50.3 Å². The predicted molar refractivity (Wildman–Crippen MR) is 203 cm³/mol. The van der Waals surface area contributed by atoms with E-state index in [1.807, 2.05) is 58.0 Å². The van der Waals surface area contributed by atoms with Crippen LogP contribution in [0.2, 0.25) is 0 Å². The highest BCUT2D eigenvalue weighted by Crippen LogP contribution is 2.48. The third kappa shape index (κ3) is 13.0. The number of aromatic amines is 1. The molecule has 1 aliphatic carbocycles. The van der Waals surface area contributed by atoms with E-state index in [9.17, 15) is 9.90 Å². The monoisotopic (exact) mass is 661 g/mol. The molecule has 0 saturated heterocycles. The summed E-state index contributed by atoms with van der Waals surface area (Å²) in [6, 6.07) is 12.4. The Bertz CT molecular complexity index is 1630. The summed E-state index contributed by atoms with van der Waals surface area (Å²) in [6.07, 6.45) is 15.7. The summed E-state index contributed by atoms with van der Waals surface area (Å²) in [6.45, 7) is 12.2. The van der Waals surface area contributed by atoms with Gasteiger partial charge in [-0.25, -0.2) is 10.0 Å². The van der Waals surface area contributed by atoms with Gasteiger partial charge in [-0.3, -0.25) is 9.79 Å². The zero-order chi connectivity index (χ0) is 35.3. The van der Waals surface area contributed by atoms with Gasteiger partial charge in [-0.15, -0.1) is 0 Å². The molecular weight excluding hydrogens is 607 g/mol. The Labute approximate surface area is 283 Å². The molecule has 1 unspecified atom stereocenters. The van der Waals surface area contributed by atoms with Crippen LogP contribution < -0.4 is 10.1 Å². The molecule has 0 bridgehead atoms. The van der Waals surface area contributed by atoms with Crippen LogP contribution in [0.3, 0.4) is 0 Å². The van der Waals surface area contributed by atoms with Crippen molar-refractivity contribution in [2.24, 2.45) is 10.9 Å². The predicted octanol–water partition coefficient (Wildman–Crippen LogP) is 7.66. The van der Waals surface area contributed by atoms with Gasteiger partial charge in [0.05, 0.1) is 25.5 Å². The Hall–Kier alpha value is -3.95. The van der Waals surface area contributed by atoms with Crippen LogP contribution in [0.5, 0.6) is 5.75 Å². The standard InChI is InChI=1S/C18H22N2O2.C15H22N2OS.C5H11N/c1-12-4-9-16(22-3)10-17(12)18(20-11-13(2)19)14-5-7-15(21)8-6-14;1-11(18)16-8-7-12-5-6-13-14(9-12)17-10-15(13)19(2,3)4;1-4(2)5(3)6/h4-7,9-10,15,19,21H,8,11H2,1-3H3;5-6,9-10,17H,7-8H2,1-4H3,(H,16,18);4,6H,1-3H3. The minimum Gasteiger partial charge on any atom is -0.497 e. The van der Waals surface area contributed by atoms with Crippen molar-refractivity contribution in [3.63, 3.8) is 0 Å². The van der Waals surface area contributed by atoms with Crippen molar-refractivity contribution in [1.82, 2.24) is 10.3 Å². The van der Waals surface area contributed by atoms with Crippen LogP contribution in [-0.2, 0) is 11.2 Å². The quantitative estimate of drug-likeness (QED) is 0.143. The minimum absolute atomic E-state index is 0.0274. The zero-order valence-electron chi connectivity index (χ0n) is 29.9. The number of aryl methyl sites for hydroxylation is 1. The van der Waals surface area contributed by atoms with Gasteiger partial charge >= 0.3 is 0 Å². The van der Waals surface area contributed by atoms with Crippen LogP contribution >= 0.6 is 10.0 Å². The number of fused-ring (bicyclic) bond motifs is 1. The Morgan fingerprint density at radius 1 is 1.13 bits per heavy atom. The fourth-order valence-electron chi connectivity index (χ4n) is 4.49. The Balaban J connectivity index is 0.000000281. The first-order chi connectivity index (χ1) is 22.0. The number of amides is 1. The number of nitrogens with zero attached hydrogens (tertiary/aromatic N) is 1. The highest BCUT2D eigenvalue weighted by molar-refractivity contribution is 8.32. The third-order valence-electron chi connectivity index (χ3n) is 7.55. The van der Waals surface area contributed by atoms with Gasteiger partial charge in [0.15, 0.2) is 0 Å². The summed E-state index contributed by atoms with van der Waals surface area (Å²) in [5, 5.41) is 28.3. The summed E-state index contributed by atoms with van der Waals surface area (Å²) >= 11 is 0. The number of aliphatic imine (C=N–C) groups is 1. The van der Waals surface area contributed by atoms with Crippen LogP contribution in [0.4, 0.5) is 0 Å². The van der Waals surface area contributed by atoms with Gasteiger partial charge in [0.2, 0.25) is 5.91 Å². The Kier molecular flexibility index (Phi) is 15.4. The second kappa shape index (κ2) is 18.4. The summed E-state index contributed by atoms with van der Waals surface area (Å²) in [4.78, 5) is 20.3. The molecule has 1 amide bonds. The second-order valence-corrected chi connectivity index (χ2v) is 17.0. The molecule has 5 N–H and O–H groups in total. The number of hydrogen-bond acceptors (Lipinski definition) is 6. The van der Waals surface area contributed by atoms with Crippen molar-refractivity contribution in [3.05, 3.63) is 83.1 Å². The first-order valence-corrected chi connectivity index (χ1v) is 18.8. The number of aromatic nitrogens is 1. The van der Waals surface area contributed by atoms with Gasteiger partial charge in [0, 0.05) is 52.5 Å². The summed E-state index contributed by atoms with van der Waals surface area (Å²) in [5.41, 5.74) is 7.62. The lowest BCUT2D eigenvalue weighted by atomic mass is 9.93. The van der Waals surface area contributed by atoms with E-state index in [-0.39, 0.29) is 5.91 Å². The van der Waals surface area contributed by atoms with E-state index in [2.05, 4.69) is 58.5 Å².